The average Bonchev–Trinajstić information content (AvgIpc) is 2.65. The van der Waals surface area contributed by atoms with Crippen molar-refractivity contribution in [2.45, 2.75) is 84.5 Å². The molecule has 5 nitrogen and oxygen atoms in total. The molecule has 0 aromatic carbocycles. The van der Waals surface area contributed by atoms with Gasteiger partial charge in [0, 0.05) is 12.3 Å². The third-order valence-corrected chi connectivity index (χ3v) is 6.93. The van der Waals surface area contributed by atoms with Gasteiger partial charge in [0.05, 0.1) is 18.4 Å². The Hall–Kier alpha value is -0.620. The van der Waals surface area contributed by atoms with Crippen molar-refractivity contribution in [2.75, 3.05) is 0 Å². The minimum Gasteiger partial charge on any atom is -1.00 e. The van der Waals surface area contributed by atoms with E-state index < -0.39 is 6.10 Å². The molecule has 1 fully saturated rings. The maximum Gasteiger partial charge on any atom is 1.00 e. The van der Waals surface area contributed by atoms with Crippen LogP contribution in [0.2, 0.25) is 0 Å². The normalized spacial score (nSPS) is 36.6. The minimum atomic E-state index is -0.597. The second-order valence-electron chi connectivity index (χ2n) is 9.36. The summed E-state index contributed by atoms with van der Waals surface area (Å²) in [6, 6.07) is 0. The minimum absolute atomic E-state index is 0. The molecule has 6 heteroatoms. The van der Waals surface area contributed by atoms with Gasteiger partial charge in [-0.25, -0.2) is 0 Å². The van der Waals surface area contributed by atoms with Crippen molar-refractivity contribution in [1.29, 1.82) is 0 Å². The first-order valence-corrected chi connectivity index (χ1v) is 11.3. The van der Waals surface area contributed by atoms with E-state index in [0.717, 1.165) is 25.7 Å². The van der Waals surface area contributed by atoms with Gasteiger partial charge in [0.25, 0.3) is 0 Å². The summed E-state index contributed by atoms with van der Waals surface area (Å²) in [6.07, 6.45) is 9.70. The molecule has 0 aromatic heterocycles. The molecule has 3 rings (SSSR count). The summed E-state index contributed by atoms with van der Waals surface area (Å²) < 4.78 is 11.5. The molecule has 0 bridgehead atoms. The number of ether oxygens (including phenoxy) is 2. The molecular formula is C24H37NaO5. The monoisotopic (exact) mass is 428 g/mol. The fourth-order valence-corrected chi connectivity index (χ4v) is 5.07. The molecule has 164 valence electrons. The molecule has 0 radical (unpaired) electrons. The van der Waals surface area contributed by atoms with E-state index in [2.05, 4.69) is 32.1 Å². The number of cyclic esters (lactones) is 1. The number of fused-ring (bicyclic) bond motifs is 1. The van der Waals surface area contributed by atoms with Gasteiger partial charge in [-0.1, -0.05) is 45.9 Å². The molecule has 1 saturated heterocycles. The average molecular weight is 429 g/mol. The van der Waals surface area contributed by atoms with Gasteiger partial charge in [0.1, 0.15) is 12.2 Å². The summed E-state index contributed by atoms with van der Waals surface area (Å²) in [5, 5.41) is 9.89. The van der Waals surface area contributed by atoms with Crippen molar-refractivity contribution in [3.05, 3.63) is 23.8 Å². The van der Waals surface area contributed by atoms with Crippen LogP contribution in [-0.2, 0) is 19.1 Å². The number of carbonyl (C=O) groups is 2. The first kappa shape index (κ1) is 25.6. The van der Waals surface area contributed by atoms with Gasteiger partial charge in [-0.3, -0.25) is 9.59 Å². The predicted molar refractivity (Wildman–Crippen MR) is 112 cm³/mol. The van der Waals surface area contributed by atoms with Crippen LogP contribution in [0.15, 0.2) is 23.8 Å². The van der Waals surface area contributed by atoms with Crippen LogP contribution in [0.5, 0.6) is 0 Å². The number of esters is 2. The Labute approximate surface area is 204 Å². The molecule has 1 N–H and O–H groups in total. The van der Waals surface area contributed by atoms with Crippen LogP contribution in [0, 0.1) is 29.6 Å². The van der Waals surface area contributed by atoms with Gasteiger partial charge < -0.3 is 16.0 Å². The molecule has 0 aromatic rings. The van der Waals surface area contributed by atoms with Crippen LogP contribution in [0.1, 0.15) is 67.6 Å². The zero-order valence-corrected chi connectivity index (χ0v) is 21.2. The Balaban J connectivity index is 0.00000240. The van der Waals surface area contributed by atoms with E-state index in [0.29, 0.717) is 24.2 Å². The fraction of sp³-hybridized carbons (Fsp3) is 0.750. The van der Waals surface area contributed by atoms with E-state index >= 15 is 0 Å². The molecule has 0 unspecified atom stereocenters. The molecular weight excluding hydrogens is 391 g/mol. The van der Waals surface area contributed by atoms with E-state index in [1.54, 1.807) is 0 Å². The van der Waals surface area contributed by atoms with E-state index in [1.807, 2.05) is 13.8 Å². The zero-order valence-electron chi connectivity index (χ0n) is 20.2. The van der Waals surface area contributed by atoms with Gasteiger partial charge in [0.2, 0.25) is 0 Å². The molecule has 3 aliphatic rings. The first-order valence-electron chi connectivity index (χ1n) is 11.3. The Morgan fingerprint density at radius 3 is 2.73 bits per heavy atom. The molecule has 0 saturated carbocycles. The van der Waals surface area contributed by atoms with Crippen molar-refractivity contribution in [3.8, 4) is 0 Å². The maximum atomic E-state index is 12.5. The van der Waals surface area contributed by atoms with E-state index in [4.69, 9.17) is 9.47 Å². The summed E-state index contributed by atoms with van der Waals surface area (Å²) >= 11 is 0. The van der Waals surface area contributed by atoms with Crippen molar-refractivity contribution in [2.24, 2.45) is 29.6 Å². The van der Waals surface area contributed by atoms with Crippen molar-refractivity contribution in [3.63, 3.8) is 0 Å². The summed E-state index contributed by atoms with van der Waals surface area (Å²) in [7, 11) is 0. The maximum absolute atomic E-state index is 12.5. The number of carbonyl (C=O) groups excluding carboxylic acids is 2. The van der Waals surface area contributed by atoms with Crippen LogP contribution < -0.4 is 29.6 Å². The molecule has 2 aliphatic carbocycles. The van der Waals surface area contributed by atoms with E-state index in [1.165, 1.54) is 5.57 Å². The number of allylic oxidation sites excluding steroid dienone is 3. The van der Waals surface area contributed by atoms with Crippen LogP contribution >= 0.6 is 0 Å². The van der Waals surface area contributed by atoms with Crippen LogP contribution in [-0.4, -0.2) is 35.4 Å². The second-order valence-corrected chi connectivity index (χ2v) is 9.36. The fourth-order valence-electron chi connectivity index (χ4n) is 5.07. The predicted octanol–water partition coefficient (Wildman–Crippen LogP) is 1.31. The van der Waals surface area contributed by atoms with Gasteiger partial charge in [-0.2, -0.15) is 0 Å². The van der Waals surface area contributed by atoms with Crippen LogP contribution in [0.3, 0.4) is 0 Å². The Morgan fingerprint density at radius 2 is 2.07 bits per heavy atom. The van der Waals surface area contributed by atoms with Gasteiger partial charge in [-0.05, 0) is 49.0 Å². The Morgan fingerprint density at radius 1 is 1.33 bits per heavy atom. The number of rotatable bonds is 6. The molecule has 30 heavy (non-hydrogen) atoms. The van der Waals surface area contributed by atoms with Crippen molar-refractivity contribution >= 4 is 11.9 Å². The first-order chi connectivity index (χ1) is 13.8. The number of hydrogen-bond acceptors (Lipinski definition) is 5. The van der Waals surface area contributed by atoms with E-state index in [9.17, 15) is 14.7 Å². The zero-order chi connectivity index (χ0) is 21.1. The summed E-state index contributed by atoms with van der Waals surface area (Å²) in [5.74, 6) is 0.755. The molecule has 1 aliphatic heterocycles. The largest absolute Gasteiger partial charge is 1.00 e. The van der Waals surface area contributed by atoms with Crippen molar-refractivity contribution < 1.29 is 55.2 Å². The Bertz CT molecular complexity index is 679. The molecule has 0 amide bonds. The number of aliphatic hydroxyl groups is 1. The smallest absolute Gasteiger partial charge is 1.00 e. The van der Waals surface area contributed by atoms with Crippen molar-refractivity contribution in [1.82, 2.24) is 0 Å². The third-order valence-electron chi connectivity index (χ3n) is 6.93. The quantitative estimate of drug-likeness (QED) is 0.510. The SMILES string of the molecule is CC[C@H](C)C(=O)O[C@H]1C[C@@H](C)C=C2C=C[C@H](C)[C@H](CC[C@@H]3C[C@@H](O)CC(=O)O3)[C@H]21.[H-].[Na+]. The number of hydrogen-bond donors (Lipinski definition) is 1. The van der Waals surface area contributed by atoms with Gasteiger partial charge in [0.15, 0.2) is 0 Å². The molecule has 0 spiro atoms. The van der Waals surface area contributed by atoms with Gasteiger partial charge >= 0.3 is 41.5 Å². The molecule has 8 atom stereocenters. The van der Waals surface area contributed by atoms with Crippen LogP contribution in [0.4, 0.5) is 0 Å². The van der Waals surface area contributed by atoms with Crippen LogP contribution in [0.25, 0.3) is 0 Å². The molecule has 1 heterocycles. The third kappa shape index (κ3) is 6.21. The number of aliphatic hydroxyl groups excluding tert-OH is 1. The standard InChI is InChI=1S/C24H36O5.Na.H/c1-5-15(3)24(27)29-21-11-14(2)10-17-7-6-16(4)20(23(17)21)9-8-19-12-18(25)13-22(26)28-19;;/h6-7,10,14-16,18-21,23,25H,5,8-9,11-13H2,1-4H3;;/q;+1;-1/t14-,15-,16-,18+,19+,20-,21-,23-;;/m0../s1. The topological polar surface area (TPSA) is 72.8 Å². The summed E-state index contributed by atoms with van der Waals surface area (Å²) in [4.78, 5) is 24.2. The van der Waals surface area contributed by atoms with E-state index in [-0.39, 0.29) is 73.4 Å². The summed E-state index contributed by atoms with van der Waals surface area (Å²) in [5.41, 5.74) is 1.27. The summed E-state index contributed by atoms with van der Waals surface area (Å²) in [6.45, 7) is 8.33. The Kier molecular flexibility index (Phi) is 9.66. The second kappa shape index (κ2) is 11.3. The van der Waals surface area contributed by atoms with Gasteiger partial charge in [-0.15, -0.1) is 0 Å².